The maximum absolute atomic E-state index is 5.73. The molecule has 2 nitrogen and oxygen atoms in total. The van der Waals surface area contributed by atoms with Crippen LogP contribution in [0, 0.1) is 6.92 Å². The molecule has 1 saturated heterocycles. The Kier molecular flexibility index (Phi) is 5.02. The minimum absolute atomic E-state index is 0.227. The highest BCUT2D eigenvalue weighted by molar-refractivity contribution is 5.29. The van der Waals surface area contributed by atoms with Gasteiger partial charge in [0.1, 0.15) is 5.75 Å². The molecule has 0 radical (unpaired) electrons. The van der Waals surface area contributed by atoms with Crippen molar-refractivity contribution in [2.45, 2.75) is 52.3 Å². The van der Waals surface area contributed by atoms with Crippen molar-refractivity contribution in [1.82, 2.24) is 4.90 Å². The summed E-state index contributed by atoms with van der Waals surface area (Å²) in [6, 6.07) is 18.1. The largest absolute Gasteiger partial charge is 0.491 e. The molecule has 0 aromatic heterocycles. The van der Waals surface area contributed by atoms with Gasteiger partial charge in [0.25, 0.3) is 0 Å². The van der Waals surface area contributed by atoms with E-state index in [4.69, 9.17) is 4.74 Å². The van der Waals surface area contributed by atoms with Gasteiger partial charge in [-0.15, -0.1) is 0 Å². The second kappa shape index (κ2) is 7.18. The van der Waals surface area contributed by atoms with Crippen LogP contribution in [0.3, 0.4) is 0 Å². The molecule has 2 heteroatoms. The lowest BCUT2D eigenvalue weighted by Crippen LogP contribution is -2.22. The highest BCUT2D eigenvalue weighted by Gasteiger charge is 2.25. The zero-order valence-corrected chi connectivity index (χ0v) is 14.5. The Balaban J connectivity index is 1.69. The van der Waals surface area contributed by atoms with Gasteiger partial charge < -0.3 is 4.74 Å². The van der Waals surface area contributed by atoms with Gasteiger partial charge in [0.15, 0.2) is 0 Å². The van der Waals surface area contributed by atoms with E-state index < -0.39 is 0 Å². The van der Waals surface area contributed by atoms with Crippen molar-refractivity contribution >= 4 is 0 Å². The van der Waals surface area contributed by atoms with Crippen LogP contribution in [0.2, 0.25) is 0 Å². The quantitative estimate of drug-likeness (QED) is 0.760. The number of benzene rings is 2. The molecular weight excluding hydrogens is 282 g/mol. The smallest absolute Gasteiger partial charge is 0.119 e. The van der Waals surface area contributed by atoms with Gasteiger partial charge >= 0.3 is 0 Å². The second-order valence-electron chi connectivity index (χ2n) is 6.85. The van der Waals surface area contributed by atoms with E-state index in [0.29, 0.717) is 6.04 Å². The summed E-state index contributed by atoms with van der Waals surface area (Å²) in [7, 11) is 0. The fraction of sp³-hybridized carbons (Fsp3) is 0.429. The fourth-order valence-electron chi connectivity index (χ4n) is 3.45. The van der Waals surface area contributed by atoms with Crippen LogP contribution in [0.5, 0.6) is 5.75 Å². The van der Waals surface area contributed by atoms with E-state index in [9.17, 15) is 0 Å². The van der Waals surface area contributed by atoms with E-state index in [-0.39, 0.29) is 6.10 Å². The van der Waals surface area contributed by atoms with Crippen molar-refractivity contribution in [3.8, 4) is 5.75 Å². The first-order chi connectivity index (χ1) is 11.1. The van der Waals surface area contributed by atoms with E-state index in [0.717, 1.165) is 12.3 Å². The van der Waals surface area contributed by atoms with Crippen LogP contribution in [0.25, 0.3) is 0 Å². The molecular formula is C21H27NO. The molecule has 0 N–H and O–H groups in total. The monoisotopic (exact) mass is 309 g/mol. The van der Waals surface area contributed by atoms with Crippen molar-refractivity contribution in [2.75, 3.05) is 6.54 Å². The lowest BCUT2D eigenvalue weighted by molar-refractivity contribution is 0.240. The summed E-state index contributed by atoms with van der Waals surface area (Å²) >= 11 is 0. The molecule has 1 aliphatic heterocycles. The van der Waals surface area contributed by atoms with Crippen LogP contribution in [0.1, 0.15) is 49.4 Å². The van der Waals surface area contributed by atoms with Crippen LogP contribution in [-0.2, 0) is 6.54 Å². The lowest BCUT2D eigenvalue weighted by Gasteiger charge is -2.25. The Hall–Kier alpha value is -1.80. The predicted molar refractivity (Wildman–Crippen MR) is 95.8 cm³/mol. The maximum atomic E-state index is 5.73. The van der Waals surface area contributed by atoms with Crippen LogP contribution in [-0.4, -0.2) is 17.5 Å². The van der Waals surface area contributed by atoms with Crippen LogP contribution in [0.4, 0.5) is 0 Å². The Morgan fingerprint density at radius 1 is 1.13 bits per heavy atom. The maximum Gasteiger partial charge on any atom is 0.119 e. The van der Waals surface area contributed by atoms with Gasteiger partial charge in [0, 0.05) is 12.6 Å². The molecule has 1 heterocycles. The number of hydrogen-bond acceptors (Lipinski definition) is 2. The van der Waals surface area contributed by atoms with Gasteiger partial charge in [0.05, 0.1) is 6.10 Å². The SMILES string of the molecule is Cc1cccc([C@H]2CCCN2Cc2ccc(OC(C)C)cc2)c1. The molecule has 2 aromatic carbocycles. The third-order valence-electron chi connectivity index (χ3n) is 4.47. The summed E-state index contributed by atoms with van der Waals surface area (Å²) in [5, 5.41) is 0. The number of ether oxygens (including phenoxy) is 1. The average Bonchev–Trinajstić information content (AvgIpc) is 2.97. The molecule has 3 rings (SSSR count). The molecule has 0 bridgehead atoms. The van der Waals surface area contributed by atoms with Crippen LogP contribution >= 0.6 is 0 Å². The molecule has 23 heavy (non-hydrogen) atoms. The Labute approximate surface area is 140 Å². The first-order valence-corrected chi connectivity index (χ1v) is 8.68. The van der Waals surface area contributed by atoms with Gasteiger partial charge in [0.2, 0.25) is 0 Å². The Morgan fingerprint density at radius 3 is 2.61 bits per heavy atom. The highest BCUT2D eigenvalue weighted by atomic mass is 16.5. The minimum atomic E-state index is 0.227. The minimum Gasteiger partial charge on any atom is -0.491 e. The third-order valence-corrected chi connectivity index (χ3v) is 4.47. The fourth-order valence-corrected chi connectivity index (χ4v) is 3.45. The first-order valence-electron chi connectivity index (χ1n) is 8.68. The van der Waals surface area contributed by atoms with E-state index in [2.05, 4.69) is 74.2 Å². The highest BCUT2D eigenvalue weighted by Crippen LogP contribution is 2.33. The van der Waals surface area contributed by atoms with Gasteiger partial charge in [-0.25, -0.2) is 0 Å². The van der Waals surface area contributed by atoms with Crippen molar-refractivity contribution in [3.05, 3.63) is 65.2 Å². The molecule has 1 aliphatic rings. The molecule has 0 amide bonds. The molecule has 0 saturated carbocycles. The van der Waals surface area contributed by atoms with E-state index >= 15 is 0 Å². The zero-order chi connectivity index (χ0) is 16.2. The third kappa shape index (κ3) is 4.14. The summed E-state index contributed by atoms with van der Waals surface area (Å²) in [6.07, 6.45) is 2.77. The van der Waals surface area contributed by atoms with Crippen LogP contribution < -0.4 is 4.74 Å². The number of aryl methyl sites for hydroxylation is 1. The number of rotatable bonds is 5. The summed E-state index contributed by atoms with van der Waals surface area (Å²) in [5.41, 5.74) is 4.17. The first kappa shape index (κ1) is 16.1. The molecule has 0 spiro atoms. The molecule has 1 atom stereocenters. The number of hydrogen-bond donors (Lipinski definition) is 0. The van der Waals surface area contributed by atoms with Crippen molar-refractivity contribution < 1.29 is 4.74 Å². The Morgan fingerprint density at radius 2 is 1.91 bits per heavy atom. The summed E-state index contributed by atoms with van der Waals surface area (Å²) in [6.45, 7) is 8.49. The van der Waals surface area contributed by atoms with E-state index in [1.807, 2.05) is 0 Å². The van der Waals surface area contributed by atoms with E-state index in [1.54, 1.807) is 0 Å². The summed E-state index contributed by atoms with van der Waals surface area (Å²) < 4.78 is 5.73. The standard InChI is InChI=1S/C21H27NO/c1-16(2)23-20-11-9-18(10-12-20)15-22-13-5-8-21(22)19-7-4-6-17(3)14-19/h4,6-7,9-12,14,16,21H,5,8,13,15H2,1-3H3/t21-/m1/s1. The van der Waals surface area contributed by atoms with Crippen molar-refractivity contribution in [3.63, 3.8) is 0 Å². The zero-order valence-electron chi connectivity index (χ0n) is 14.5. The number of likely N-dealkylation sites (tertiary alicyclic amines) is 1. The van der Waals surface area contributed by atoms with Gasteiger partial charge in [-0.05, 0) is 63.4 Å². The average molecular weight is 309 g/mol. The second-order valence-corrected chi connectivity index (χ2v) is 6.85. The molecule has 2 aromatic rings. The predicted octanol–water partition coefficient (Wildman–Crippen LogP) is 5.12. The summed E-state index contributed by atoms with van der Waals surface area (Å²) in [4.78, 5) is 2.60. The molecule has 122 valence electrons. The number of nitrogens with zero attached hydrogens (tertiary/aromatic N) is 1. The van der Waals surface area contributed by atoms with E-state index in [1.165, 1.54) is 36.1 Å². The summed E-state index contributed by atoms with van der Waals surface area (Å²) in [5.74, 6) is 0.959. The molecule has 1 fully saturated rings. The van der Waals surface area contributed by atoms with Crippen LogP contribution in [0.15, 0.2) is 48.5 Å². The normalized spacial score (nSPS) is 18.5. The molecule has 0 aliphatic carbocycles. The van der Waals surface area contributed by atoms with Crippen molar-refractivity contribution in [1.29, 1.82) is 0 Å². The van der Waals surface area contributed by atoms with Gasteiger partial charge in [-0.3, -0.25) is 4.90 Å². The topological polar surface area (TPSA) is 12.5 Å². The lowest BCUT2D eigenvalue weighted by atomic mass is 10.0. The Bertz CT molecular complexity index is 633. The van der Waals surface area contributed by atoms with Gasteiger partial charge in [-0.2, -0.15) is 0 Å². The van der Waals surface area contributed by atoms with Crippen molar-refractivity contribution in [2.24, 2.45) is 0 Å². The van der Waals surface area contributed by atoms with Gasteiger partial charge in [-0.1, -0.05) is 42.0 Å². The molecule has 0 unspecified atom stereocenters.